The number of para-hydroxylation sites is 1. The van der Waals surface area contributed by atoms with Crippen LogP contribution in [0.2, 0.25) is 0 Å². The van der Waals surface area contributed by atoms with Crippen LogP contribution >= 0.6 is 0 Å². The van der Waals surface area contributed by atoms with Crippen LogP contribution in [-0.4, -0.2) is 24.6 Å². The molecule has 0 aliphatic carbocycles. The first-order valence-electron chi connectivity index (χ1n) is 23.9. The average Bonchev–Trinajstić information content (AvgIpc) is 3.97. The van der Waals surface area contributed by atoms with E-state index in [4.69, 9.17) is 20.1 Å². The molecule has 0 amide bonds. The van der Waals surface area contributed by atoms with Crippen molar-refractivity contribution in [3.8, 4) is 100 Å². The molecule has 0 saturated carbocycles. The van der Waals surface area contributed by atoms with E-state index in [-0.39, 0.29) is 0 Å². The van der Waals surface area contributed by atoms with E-state index in [9.17, 15) is 0 Å². The lowest BCUT2D eigenvalue weighted by molar-refractivity contribution is 1.01. The van der Waals surface area contributed by atoms with E-state index in [1.165, 1.54) is 0 Å². The Bertz CT molecular complexity index is 3930. The van der Waals surface area contributed by atoms with Gasteiger partial charge in [0.15, 0.2) is 0 Å². The standard InChI is InChI=1S/C66H43N5/c1-4-17-44(18-5-1)59-29-16-30-60-65-61(64-35-36-70-71(64)66(59)60)40-52(43-69-65)58-28-15-14-27-57(58)51-38-49(55-25-12-10-23-53(55)47-31-33-62(67-41-47)45-19-6-2-7-20-45)37-50(39-51)56-26-13-11-24-54(56)48-32-34-63(68-42-48)46-21-8-3-9-22-46/h1-43H. The lowest BCUT2D eigenvalue weighted by atomic mass is 9.86. The van der Waals surface area contributed by atoms with Crippen LogP contribution in [0.5, 0.6) is 0 Å². The summed E-state index contributed by atoms with van der Waals surface area (Å²) in [6, 6.07) is 83.7. The number of hydrogen-bond acceptors (Lipinski definition) is 4. The zero-order valence-corrected chi connectivity index (χ0v) is 38.6. The number of hydrogen-bond donors (Lipinski definition) is 0. The molecule has 0 saturated heterocycles. The van der Waals surface area contributed by atoms with Gasteiger partial charge in [0.1, 0.15) is 0 Å². The summed E-state index contributed by atoms with van der Waals surface area (Å²) >= 11 is 0. The van der Waals surface area contributed by atoms with Crippen molar-refractivity contribution in [3.63, 3.8) is 0 Å². The summed E-state index contributed by atoms with van der Waals surface area (Å²) in [5.41, 5.74) is 22.4. The summed E-state index contributed by atoms with van der Waals surface area (Å²) in [5, 5.41) is 7.01. The van der Waals surface area contributed by atoms with Gasteiger partial charge in [-0.1, -0.05) is 194 Å². The van der Waals surface area contributed by atoms with Gasteiger partial charge in [-0.3, -0.25) is 15.0 Å². The summed E-state index contributed by atoms with van der Waals surface area (Å²) in [7, 11) is 0. The Balaban J connectivity index is 0.983. The number of pyridine rings is 4. The second kappa shape index (κ2) is 17.8. The van der Waals surface area contributed by atoms with Crippen molar-refractivity contribution in [2.24, 2.45) is 0 Å². The highest BCUT2D eigenvalue weighted by atomic mass is 15.2. The highest BCUT2D eigenvalue weighted by molar-refractivity contribution is 6.14. The summed E-state index contributed by atoms with van der Waals surface area (Å²) in [4.78, 5) is 15.2. The largest absolute Gasteiger partial charge is 0.256 e. The summed E-state index contributed by atoms with van der Waals surface area (Å²) in [6.45, 7) is 0. The van der Waals surface area contributed by atoms with Gasteiger partial charge in [-0.2, -0.15) is 5.10 Å². The van der Waals surface area contributed by atoms with E-state index in [1.54, 1.807) is 0 Å². The Kier molecular flexibility index (Phi) is 10.4. The van der Waals surface area contributed by atoms with E-state index in [0.717, 1.165) is 128 Å². The van der Waals surface area contributed by atoms with Crippen molar-refractivity contribution in [1.29, 1.82) is 0 Å². The van der Waals surface area contributed by atoms with Gasteiger partial charge in [0, 0.05) is 62.7 Å². The second-order valence-electron chi connectivity index (χ2n) is 17.8. The van der Waals surface area contributed by atoms with Crippen LogP contribution in [0.25, 0.3) is 128 Å². The van der Waals surface area contributed by atoms with E-state index in [1.807, 2.05) is 36.9 Å². The molecular formula is C66H43N5. The molecule has 0 aliphatic rings. The van der Waals surface area contributed by atoms with Crippen molar-refractivity contribution >= 4 is 27.3 Å². The minimum absolute atomic E-state index is 0.942. The number of nitrogens with zero attached hydrogens (tertiary/aromatic N) is 5. The normalized spacial score (nSPS) is 11.4. The molecule has 0 fully saturated rings. The molecule has 5 aromatic heterocycles. The van der Waals surface area contributed by atoms with Crippen LogP contribution in [0.1, 0.15) is 0 Å². The fraction of sp³-hybridized carbons (Fsp3) is 0. The molecule has 8 aromatic carbocycles. The molecule has 0 bridgehead atoms. The summed E-state index contributed by atoms with van der Waals surface area (Å²) in [6.07, 6.45) is 7.92. The monoisotopic (exact) mass is 905 g/mol. The van der Waals surface area contributed by atoms with E-state index < -0.39 is 0 Å². The molecule has 0 radical (unpaired) electrons. The number of aromatic nitrogens is 5. The first-order valence-corrected chi connectivity index (χ1v) is 23.9. The van der Waals surface area contributed by atoms with Crippen LogP contribution in [-0.2, 0) is 0 Å². The van der Waals surface area contributed by atoms with E-state index in [0.29, 0.717) is 0 Å². The molecule has 0 spiro atoms. The second-order valence-corrected chi connectivity index (χ2v) is 17.8. The van der Waals surface area contributed by atoms with Gasteiger partial charge in [0.05, 0.1) is 34.1 Å². The maximum atomic E-state index is 5.30. The highest BCUT2D eigenvalue weighted by Crippen LogP contribution is 2.43. The molecule has 0 N–H and O–H groups in total. The van der Waals surface area contributed by atoms with Gasteiger partial charge in [0.25, 0.3) is 0 Å². The lowest BCUT2D eigenvalue weighted by Gasteiger charge is -2.18. The van der Waals surface area contributed by atoms with Gasteiger partial charge in [-0.15, -0.1) is 0 Å². The Labute approximate surface area is 411 Å². The Morgan fingerprint density at radius 2 is 0.690 bits per heavy atom. The third-order valence-corrected chi connectivity index (χ3v) is 13.6. The molecule has 5 heteroatoms. The van der Waals surface area contributed by atoms with Gasteiger partial charge in [-0.05, 0) is 98.1 Å². The molecular weight excluding hydrogens is 863 g/mol. The van der Waals surface area contributed by atoms with Crippen molar-refractivity contribution in [1.82, 2.24) is 24.6 Å². The predicted octanol–water partition coefficient (Wildman–Crippen LogP) is 16.8. The maximum Gasteiger partial charge on any atom is 0.0825 e. The Morgan fingerprint density at radius 1 is 0.268 bits per heavy atom. The van der Waals surface area contributed by atoms with Gasteiger partial charge < -0.3 is 0 Å². The van der Waals surface area contributed by atoms with Crippen molar-refractivity contribution in [3.05, 3.63) is 261 Å². The molecule has 0 aliphatic heterocycles. The highest BCUT2D eigenvalue weighted by Gasteiger charge is 2.19. The first-order chi connectivity index (χ1) is 35.2. The molecule has 5 nitrogen and oxygen atoms in total. The lowest BCUT2D eigenvalue weighted by Crippen LogP contribution is -1.97. The molecule has 5 heterocycles. The molecule has 0 atom stereocenters. The SMILES string of the molecule is c1ccc(-c2ccc(-c3ccccc3-c3cc(-c4ccccc4-c4ccc(-c5ccccc5)nc4)cc(-c4ccccc4-c4cnc5c(c4)c4ccnn4c4c(-c6ccccc6)cccc54)c3)cn2)cc1. The summed E-state index contributed by atoms with van der Waals surface area (Å²) < 4.78 is 2.08. The minimum Gasteiger partial charge on any atom is -0.256 e. The van der Waals surface area contributed by atoms with E-state index >= 15 is 0 Å². The smallest absolute Gasteiger partial charge is 0.0825 e. The van der Waals surface area contributed by atoms with Crippen LogP contribution in [0, 0.1) is 0 Å². The molecule has 71 heavy (non-hydrogen) atoms. The Morgan fingerprint density at radius 3 is 1.17 bits per heavy atom. The average molecular weight is 906 g/mol. The zero-order chi connectivity index (χ0) is 47.1. The molecule has 0 unspecified atom stereocenters. The van der Waals surface area contributed by atoms with Crippen molar-refractivity contribution < 1.29 is 0 Å². The minimum atomic E-state index is 0.942. The van der Waals surface area contributed by atoms with Gasteiger partial charge >= 0.3 is 0 Å². The predicted molar refractivity (Wildman–Crippen MR) is 293 cm³/mol. The summed E-state index contributed by atoms with van der Waals surface area (Å²) in [5.74, 6) is 0. The molecule has 332 valence electrons. The molecule has 13 aromatic rings. The fourth-order valence-corrected chi connectivity index (χ4v) is 10.2. The number of fused-ring (bicyclic) bond motifs is 6. The van der Waals surface area contributed by atoms with E-state index in [2.05, 4.69) is 229 Å². The number of rotatable bonds is 9. The molecule has 13 rings (SSSR count). The fourth-order valence-electron chi connectivity index (χ4n) is 10.2. The number of benzene rings is 8. The quantitative estimate of drug-likeness (QED) is 0.135. The Hall–Kier alpha value is -9.58. The van der Waals surface area contributed by atoms with Gasteiger partial charge in [0.2, 0.25) is 0 Å². The van der Waals surface area contributed by atoms with Crippen molar-refractivity contribution in [2.75, 3.05) is 0 Å². The maximum absolute atomic E-state index is 5.30. The topological polar surface area (TPSA) is 56.0 Å². The van der Waals surface area contributed by atoms with Gasteiger partial charge in [-0.25, -0.2) is 4.52 Å². The first kappa shape index (κ1) is 41.6. The van der Waals surface area contributed by atoms with Crippen LogP contribution in [0.15, 0.2) is 261 Å². The third kappa shape index (κ3) is 7.63. The van der Waals surface area contributed by atoms with Crippen LogP contribution in [0.4, 0.5) is 0 Å². The van der Waals surface area contributed by atoms with Crippen LogP contribution < -0.4 is 0 Å². The van der Waals surface area contributed by atoms with Crippen LogP contribution in [0.3, 0.4) is 0 Å². The zero-order valence-electron chi connectivity index (χ0n) is 38.6. The third-order valence-electron chi connectivity index (χ3n) is 13.6. The van der Waals surface area contributed by atoms with Crippen molar-refractivity contribution in [2.45, 2.75) is 0 Å².